The number of hydrogen-bond acceptors (Lipinski definition) is 21. The first-order valence-electron chi connectivity index (χ1n) is 27.3. The number of methoxy groups -OCH3 is 2. The zero-order valence-corrected chi connectivity index (χ0v) is 50.7. The third-order valence-corrected chi connectivity index (χ3v) is 18.7. The van der Waals surface area contributed by atoms with Gasteiger partial charge in [-0.15, -0.1) is 5.06 Å². The molecule has 4 bridgehead atoms. The van der Waals surface area contributed by atoms with Crippen molar-refractivity contribution in [2.45, 2.75) is 165 Å². The molecule has 1 aromatic heterocycles. The van der Waals surface area contributed by atoms with Crippen LogP contribution < -0.4 is 25.1 Å². The number of nitrogens with one attached hydrogen (secondary N) is 2. The van der Waals surface area contributed by atoms with Gasteiger partial charge in [-0.3, -0.25) is 29.3 Å². The molecule has 452 valence electrons. The topological polar surface area (TPSA) is 297 Å². The van der Waals surface area contributed by atoms with Crippen molar-refractivity contribution >= 4 is 92.2 Å². The number of benzene rings is 1. The minimum absolute atomic E-state index is 0.00890. The number of hydroxylamine groups is 2. The molecule has 6 amide bonds. The summed E-state index contributed by atoms with van der Waals surface area (Å²) in [5.41, 5.74) is 3.23. The summed E-state index contributed by atoms with van der Waals surface area (Å²) < 4.78 is 34.6. The molecule has 3 fully saturated rings. The van der Waals surface area contributed by atoms with Crippen LogP contribution in [0.1, 0.15) is 123 Å². The molecule has 7 rings (SSSR count). The van der Waals surface area contributed by atoms with Gasteiger partial charge >= 0.3 is 18.0 Å². The van der Waals surface area contributed by atoms with Crippen LogP contribution in [0.15, 0.2) is 47.2 Å². The van der Waals surface area contributed by atoms with Gasteiger partial charge in [-0.05, 0) is 84.4 Å². The Kier molecular flexibility index (Phi) is 21.4. The summed E-state index contributed by atoms with van der Waals surface area (Å²) in [5.74, 6) is -3.46. The number of likely N-dealkylation sites (N-methyl/N-ethyl adjacent to an activating group) is 1. The molecule has 83 heavy (non-hydrogen) atoms. The van der Waals surface area contributed by atoms with Crippen LogP contribution in [0, 0.1) is 5.92 Å². The zero-order valence-electron chi connectivity index (χ0n) is 48.3. The first kappa shape index (κ1) is 64.2. The maximum Gasteiger partial charge on any atom is 0.409 e. The Bertz CT molecular complexity index is 2910. The number of aliphatic hydroxyl groups is 1. The van der Waals surface area contributed by atoms with Crippen molar-refractivity contribution in [3.05, 3.63) is 64.1 Å². The van der Waals surface area contributed by atoms with Crippen molar-refractivity contribution in [3.8, 4) is 11.6 Å². The summed E-state index contributed by atoms with van der Waals surface area (Å²) in [6, 6.07) is 2.44. The average Bonchev–Trinajstić information content (AvgIpc) is 2.25. The Balaban J connectivity index is 0.925. The van der Waals surface area contributed by atoms with Crippen molar-refractivity contribution in [3.63, 3.8) is 0 Å². The number of ether oxygens (including phenoxy) is 6. The molecule has 8 atom stereocenters. The Morgan fingerprint density at radius 1 is 1.08 bits per heavy atom. The molecule has 1 aromatic carbocycles. The number of rotatable bonds is 19. The molecule has 0 unspecified atom stereocenters. The molecule has 24 nitrogen and oxygen atoms in total. The van der Waals surface area contributed by atoms with E-state index in [1.807, 2.05) is 26.8 Å². The van der Waals surface area contributed by atoms with Crippen molar-refractivity contribution in [1.29, 1.82) is 0 Å². The second kappa shape index (κ2) is 27.6. The smallest absolute Gasteiger partial charge is 0.409 e. The summed E-state index contributed by atoms with van der Waals surface area (Å²) >= 11 is 6.84. The molecule has 27 heteroatoms. The van der Waals surface area contributed by atoms with E-state index in [4.69, 9.17) is 44.9 Å². The van der Waals surface area contributed by atoms with Crippen molar-refractivity contribution < 1.29 is 76.7 Å². The first-order chi connectivity index (χ1) is 39.3. The maximum absolute atomic E-state index is 14.4. The monoisotopic (exact) mass is 1210 g/mol. The predicted octanol–water partition coefficient (Wildman–Crippen LogP) is 5.87. The van der Waals surface area contributed by atoms with Crippen LogP contribution in [-0.4, -0.2) is 166 Å². The summed E-state index contributed by atoms with van der Waals surface area (Å²) in [5, 5.41) is 19.5. The van der Waals surface area contributed by atoms with E-state index in [2.05, 4.69) is 25.8 Å². The lowest BCUT2D eigenvalue weighted by molar-refractivity contribution is -0.197. The predicted molar refractivity (Wildman–Crippen MR) is 306 cm³/mol. The fourth-order valence-corrected chi connectivity index (χ4v) is 12.9. The molecule has 3 saturated heterocycles. The van der Waals surface area contributed by atoms with E-state index in [9.17, 15) is 43.5 Å². The van der Waals surface area contributed by atoms with E-state index in [0.717, 1.165) is 11.1 Å². The van der Waals surface area contributed by atoms with Gasteiger partial charge < -0.3 is 48.2 Å². The van der Waals surface area contributed by atoms with E-state index in [0.29, 0.717) is 65.0 Å². The number of fused-ring (bicyclic) bond motifs is 6. The number of aromatic nitrogens is 2. The van der Waals surface area contributed by atoms with Gasteiger partial charge in [0.2, 0.25) is 23.6 Å². The van der Waals surface area contributed by atoms with E-state index >= 15 is 0 Å². The number of aryl methyl sites for hydroxylation is 1. The lowest BCUT2D eigenvalue weighted by atomic mass is 9.83. The number of anilines is 1. The van der Waals surface area contributed by atoms with Gasteiger partial charge in [-0.25, -0.2) is 29.8 Å². The SMILES string of the molecule is COc1cc2cc(c1Cl)N(C)C(=O)C[C@H](OC(=O)[C@H](C)N(C)C(=O)CCSSC(C)(C)CC(=O)N/N=C1/CCCc3nc(OCCCC(=O)ON4C(=O)CCC4=O)cnc31)[C@]1(C)O[C@H]1[C@H](C)[C@@H]1C[C@@](O)(NC(=O)O1)[C@H](OC)/C=C/C=C(\C)C2. The molecule has 1 aliphatic carbocycles. The lowest BCUT2D eigenvalue weighted by Gasteiger charge is -2.42. The van der Waals surface area contributed by atoms with Gasteiger partial charge in [0.15, 0.2) is 5.72 Å². The largest absolute Gasteiger partial charge is 0.495 e. The van der Waals surface area contributed by atoms with Crippen LogP contribution in [0.5, 0.6) is 11.6 Å². The minimum Gasteiger partial charge on any atom is -0.495 e. The summed E-state index contributed by atoms with van der Waals surface area (Å²) in [4.78, 5) is 121. The Hall–Kier alpha value is -6.32. The molecule has 2 aromatic rings. The minimum atomic E-state index is -1.88. The highest BCUT2D eigenvalue weighted by Gasteiger charge is 2.64. The quantitative estimate of drug-likeness (QED) is 0.0370. The number of halogens is 1. The molecule has 5 aliphatic rings. The maximum atomic E-state index is 14.4. The number of esters is 1. The Morgan fingerprint density at radius 3 is 2.53 bits per heavy atom. The summed E-state index contributed by atoms with van der Waals surface area (Å²) in [6.45, 7) is 10.8. The number of epoxide rings is 1. The van der Waals surface area contributed by atoms with Crippen LogP contribution in [0.3, 0.4) is 0 Å². The van der Waals surface area contributed by atoms with Crippen molar-refractivity contribution in [1.82, 2.24) is 30.7 Å². The lowest BCUT2D eigenvalue weighted by Crippen LogP contribution is -2.63. The standard InChI is InChI=1S/C56H73ClN8O16S2/c1-31-14-11-17-40(76-10)56(74)28-39(78-53(73)60-56)32(2)51-55(6,80-51)41(27-47(70)64(8)37-25-34(24-31)26-38(75-9)49(37)57)79-52(72)33(3)63(7)44(67)21-23-82-83-54(4,5)29-42(66)62-61-36-16-12-15-35-50(36)58-30-43(59-35)77-22-13-18-48(71)81-65-45(68)19-20-46(65)69/h11,14,17,25-26,30,32-33,39-41,51,74H,12-13,15-16,18-24,27-29H2,1-10H3,(H,60,73)(H,62,66)/b17-11+,31-14+,61-36-/t32-,33+,39+,40-,41+,51+,55+,56+/m1/s1. The number of imide groups is 1. The van der Waals surface area contributed by atoms with Gasteiger partial charge in [0.25, 0.3) is 11.8 Å². The number of carbonyl (C=O) groups excluding carboxylic acids is 8. The molecule has 5 heterocycles. The number of carbonyl (C=O) groups is 8. The van der Waals surface area contributed by atoms with E-state index in [-0.39, 0.29) is 80.7 Å². The molecular weight excluding hydrogens is 1140 g/mol. The van der Waals surface area contributed by atoms with E-state index < -0.39 is 88.2 Å². The van der Waals surface area contributed by atoms with Crippen molar-refractivity contribution in [2.75, 3.05) is 45.6 Å². The van der Waals surface area contributed by atoms with E-state index in [1.54, 1.807) is 45.2 Å². The highest BCUT2D eigenvalue weighted by molar-refractivity contribution is 8.77. The fourth-order valence-electron chi connectivity index (χ4n) is 10.1. The Labute approximate surface area is 494 Å². The Morgan fingerprint density at radius 2 is 1.82 bits per heavy atom. The highest BCUT2D eigenvalue weighted by Crippen LogP contribution is 2.49. The summed E-state index contributed by atoms with van der Waals surface area (Å²) in [6.07, 6.45) is 4.06. The van der Waals surface area contributed by atoms with Gasteiger partial charge in [-0.1, -0.05) is 63.9 Å². The zero-order chi connectivity index (χ0) is 60.6. The van der Waals surface area contributed by atoms with Gasteiger partial charge in [0.05, 0.1) is 56.0 Å². The number of alkyl carbamates (subject to hydrolysis) is 1. The van der Waals surface area contributed by atoms with Crippen LogP contribution in [0.2, 0.25) is 5.02 Å². The fraction of sp³-hybridized carbons (Fsp3) is 0.589. The molecule has 3 N–H and O–H groups in total. The third-order valence-electron chi connectivity index (χ3n) is 15.0. The number of amides is 6. The molecular formula is C56H73ClN8O16S2. The first-order valence-corrected chi connectivity index (χ1v) is 30.0. The molecule has 0 saturated carbocycles. The highest BCUT2D eigenvalue weighted by atomic mass is 35.5. The van der Waals surface area contributed by atoms with Crippen LogP contribution in [-0.2, 0) is 70.2 Å². The van der Waals surface area contributed by atoms with Gasteiger partial charge in [0.1, 0.15) is 46.4 Å². The average molecular weight is 1210 g/mol. The van der Waals surface area contributed by atoms with Crippen LogP contribution in [0.4, 0.5) is 10.5 Å². The van der Waals surface area contributed by atoms with Gasteiger partial charge in [-0.2, -0.15) is 5.10 Å². The number of nitrogens with zero attached hydrogens (tertiary/aromatic N) is 6. The van der Waals surface area contributed by atoms with Crippen LogP contribution in [0.25, 0.3) is 0 Å². The second-order valence-electron chi connectivity index (χ2n) is 21.9. The number of hydrazone groups is 1. The number of hydrogen-bond donors (Lipinski definition) is 3. The normalized spacial score (nSPS) is 26.5. The third kappa shape index (κ3) is 16.1. The summed E-state index contributed by atoms with van der Waals surface area (Å²) in [7, 11) is 8.75. The van der Waals surface area contributed by atoms with Crippen LogP contribution >= 0.6 is 33.2 Å². The van der Waals surface area contributed by atoms with Crippen molar-refractivity contribution in [2.24, 2.45) is 11.0 Å². The molecule has 0 radical (unpaired) electrons. The molecule has 4 aliphatic heterocycles. The number of allylic oxidation sites excluding steroid dienone is 3. The van der Waals surface area contributed by atoms with Gasteiger partial charge in [0, 0.05) is 69.7 Å². The second-order valence-corrected chi connectivity index (χ2v) is 25.4. The van der Waals surface area contributed by atoms with E-state index in [1.165, 1.54) is 65.8 Å². The molecule has 0 spiro atoms.